The lowest BCUT2D eigenvalue weighted by molar-refractivity contribution is -0.0498. The number of ether oxygens (including phenoxy) is 1. The summed E-state index contributed by atoms with van der Waals surface area (Å²) in [5.74, 6) is 1.88. The maximum atomic E-state index is 11.9. The van der Waals surface area contributed by atoms with Crippen LogP contribution in [-0.4, -0.2) is 13.2 Å². The highest BCUT2D eigenvalue weighted by atomic mass is 19.3. The van der Waals surface area contributed by atoms with E-state index in [0.29, 0.717) is 0 Å². The smallest absolute Gasteiger partial charge is 0.387 e. The Morgan fingerprint density at radius 1 is 1.35 bits per heavy atom. The minimum absolute atomic E-state index is 0.208. The van der Waals surface area contributed by atoms with Gasteiger partial charge in [-0.05, 0) is 42.5 Å². The summed E-state index contributed by atoms with van der Waals surface area (Å²) in [6.45, 7) is 1.31. The maximum absolute atomic E-state index is 11.9. The molecule has 1 aromatic rings. The average Bonchev–Trinajstić information content (AvgIpc) is 2.96. The van der Waals surface area contributed by atoms with Crippen LogP contribution >= 0.6 is 0 Å². The second kappa shape index (κ2) is 5.45. The zero-order valence-corrected chi connectivity index (χ0v) is 9.83. The first kappa shape index (κ1) is 12.3. The minimum Gasteiger partial charge on any atom is -0.435 e. The third kappa shape index (κ3) is 3.97. The van der Waals surface area contributed by atoms with Crippen LogP contribution in [0, 0.1) is 11.8 Å². The van der Waals surface area contributed by atoms with E-state index in [1.54, 1.807) is 24.3 Å². The summed E-state index contributed by atoms with van der Waals surface area (Å²) in [6, 6.07) is 6.76. The zero-order valence-electron chi connectivity index (χ0n) is 9.83. The highest BCUT2D eigenvalue weighted by Gasteiger charge is 2.31. The van der Waals surface area contributed by atoms with Crippen LogP contribution in [0.4, 0.5) is 8.78 Å². The summed E-state index contributed by atoms with van der Waals surface area (Å²) < 4.78 is 28.1. The Morgan fingerprint density at radius 2 is 2.00 bits per heavy atom. The van der Waals surface area contributed by atoms with Gasteiger partial charge >= 0.3 is 6.61 Å². The van der Waals surface area contributed by atoms with Crippen LogP contribution in [0.5, 0.6) is 5.75 Å². The Morgan fingerprint density at radius 3 is 2.53 bits per heavy atom. The second-order valence-electron chi connectivity index (χ2n) is 4.63. The lowest BCUT2D eigenvalue weighted by Gasteiger charge is -2.07. The number of halogens is 2. The summed E-state index contributed by atoms with van der Waals surface area (Å²) in [4.78, 5) is 0. The molecule has 0 saturated heterocycles. The molecule has 0 aromatic heterocycles. The van der Waals surface area contributed by atoms with Crippen LogP contribution in [0.15, 0.2) is 24.3 Å². The van der Waals surface area contributed by atoms with Gasteiger partial charge in [-0.1, -0.05) is 19.1 Å². The van der Waals surface area contributed by atoms with Crippen LogP contribution in [0.25, 0.3) is 0 Å². The molecule has 94 valence electrons. The van der Waals surface area contributed by atoms with Crippen LogP contribution in [0.2, 0.25) is 0 Å². The molecular formula is C13H17F2NO. The lowest BCUT2D eigenvalue weighted by atomic mass is 10.2. The van der Waals surface area contributed by atoms with Gasteiger partial charge in [0.25, 0.3) is 0 Å². The van der Waals surface area contributed by atoms with Gasteiger partial charge in [-0.2, -0.15) is 8.78 Å². The van der Waals surface area contributed by atoms with Crippen molar-refractivity contribution in [2.24, 2.45) is 11.8 Å². The Hall–Kier alpha value is -1.16. The Labute approximate surface area is 100.0 Å². The van der Waals surface area contributed by atoms with E-state index in [1.807, 2.05) is 0 Å². The van der Waals surface area contributed by atoms with Gasteiger partial charge in [0.2, 0.25) is 0 Å². The number of alkyl halides is 2. The fourth-order valence-corrected chi connectivity index (χ4v) is 1.87. The van der Waals surface area contributed by atoms with E-state index >= 15 is 0 Å². The van der Waals surface area contributed by atoms with Gasteiger partial charge in [0.1, 0.15) is 5.75 Å². The fraction of sp³-hybridized carbons (Fsp3) is 0.538. The Balaban J connectivity index is 1.73. The maximum Gasteiger partial charge on any atom is 0.387 e. The molecule has 4 heteroatoms. The predicted octanol–water partition coefficient (Wildman–Crippen LogP) is 3.03. The Kier molecular flexibility index (Phi) is 3.94. The van der Waals surface area contributed by atoms with Gasteiger partial charge in [0.15, 0.2) is 0 Å². The monoisotopic (exact) mass is 241 g/mol. The standard InChI is InChI=1S/C13H17F2NO/c1-9-6-11(9)8-16-7-10-2-4-12(5-3-10)17-13(14)15/h2-5,9,11,13,16H,6-8H2,1H3. The molecule has 1 saturated carbocycles. The Bertz CT molecular complexity index is 353. The van der Waals surface area contributed by atoms with Gasteiger partial charge in [0.05, 0.1) is 0 Å². The van der Waals surface area contributed by atoms with Crippen LogP contribution in [0.1, 0.15) is 18.9 Å². The van der Waals surface area contributed by atoms with E-state index in [9.17, 15) is 8.78 Å². The highest BCUT2D eigenvalue weighted by molar-refractivity contribution is 5.27. The van der Waals surface area contributed by atoms with Crippen molar-refractivity contribution >= 4 is 0 Å². The minimum atomic E-state index is -2.75. The van der Waals surface area contributed by atoms with Crippen molar-refractivity contribution in [1.82, 2.24) is 5.32 Å². The lowest BCUT2D eigenvalue weighted by Crippen LogP contribution is -2.16. The van der Waals surface area contributed by atoms with E-state index in [1.165, 1.54) is 6.42 Å². The first-order valence-electron chi connectivity index (χ1n) is 5.89. The van der Waals surface area contributed by atoms with E-state index in [-0.39, 0.29) is 5.75 Å². The number of hydrogen-bond acceptors (Lipinski definition) is 2. The molecule has 0 aliphatic heterocycles. The van der Waals surface area contributed by atoms with Gasteiger partial charge in [-0.3, -0.25) is 0 Å². The van der Waals surface area contributed by atoms with Crippen molar-refractivity contribution in [2.75, 3.05) is 6.54 Å². The van der Waals surface area contributed by atoms with E-state index in [4.69, 9.17) is 0 Å². The summed E-state index contributed by atoms with van der Waals surface area (Å²) in [5, 5.41) is 3.37. The van der Waals surface area contributed by atoms with Crippen molar-refractivity contribution in [3.63, 3.8) is 0 Å². The van der Waals surface area contributed by atoms with E-state index in [2.05, 4.69) is 17.0 Å². The van der Waals surface area contributed by atoms with Crippen molar-refractivity contribution in [3.05, 3.63) is 29.8 Å². The van der Waals surface area contributed by atoms with E-state index in [0.717, 1.165) is 30.5 Å². The largest absolute Gasteiger partial charge is 0.435 e. The first-order chi connectivity index (χ1) is 8.15. The van der Waals surface area contributed by atoms with Crippen LogP contribution < -0.4 is 10.1 Å². The molecule has 2 rings (SSSR count). The molecule has 1 aromatic carbocycles. The molecule has 2 unspecified atom stereocenters. The number of nitrogens with one attached hydrogen (secondary N) is 1. The highest BCUT2D eigenvalue weighted by Crippen LogP contribution is 2.36. The molecule has 1 N–H and O–H groups in total. The topological polar surface area (TPSA) is 21.3 Å². The molecule has 2 atom stereocenters. The van der Waals surface area contributed by atoms with Gasteiger partial charge < -0.3 is 10.1 Å². The number of benzene rings is 1. The molecule has 1 aliphatic rings. The first-order valence-corrected chi connectivity index (χ1v) is 5.89. The molecule has 1 fully saturated rings. The molecule has 2 nitrogen and oxygen atoms in total. The molecule has 0 bridgehead atoms. The van der Waals surface area contributed by atoms with E-state index < -0.39 is 6.61 Å². The van der Waals surface area contributed by atoms with Crippen molar-refractivity contribution < 1.29 is 13.5 Å². The quantitative estimate of drug-likeness (QED) is 0.826. The molecule has 0 heterocycles. The van der Waals surface area contributed by atoms with Gasteiger partial charge in [0, 0.05) is 6.54 Å². The summed E-state index contributed by atoms with van der Waals surface area (Å²) >= 11 is 0. The van der Waals surface area contributed by atoms with Crippen molar-refractivity contribution in [2.45, 2.75) is 26.5 Å². The third-order valence-corrected chi connectivity index (χ3v) is 3.16. The number of rotatable bonds is 6. The predicted molar refractivity (Wildman–Crippen MR) is 62.1 cm³/mol. The summed E-state index contributed by atoms with van der Waals surface area (Å²) in [5.41, 5.74) is 1.08. The summed E-state index contributed by atoms with van der Waals surface area (Å²) in [6.07, 6.45) is 1.31. The summed E-state index contributed by atoms with van der Waals surface area (Å²) in [7, 11) is 0. The van der Waals surface area contributed by atoms with Gasteiger partial charge in [-0.25, -0.2) is 0 Å². The molecule has 0 spiro atoms. The van der Waals surface area contributed by atoms with Gasteiger partial charge in [-0.15, -0.1) is 0 Å². The molecule has 17 heavy (non-hydrogen) atoms. The van der Waals surface area contributed by atoms with Crippen LogP contribution in [0.3, 0.4) is 0 Å². The average molecular weight is 241 g/mol. The van der Waals surface area contributed by atoms with Crippen molar-refractivity contribution in [1.29, 1.82) is 0 Å². The molecular weight excluding hydrogens is 224 g/mol. The number of hydrogen-bond donors (Lipinski definition) is 1. The van der Waals surface area contributed by atoms with Crippen LogP contribution in [-0.2, 0) is 6.54 Å². The van der Waals surface area contributed by atoms with Crippen molar-refractivity contribution in [3.8, 4) is 5.75 Å². The zero-order chi connectivity index (χ0) is 12.3. The molecule has 0 amide bonds. The fourth-order valence-electron chi connectivity index (χ4n) is 1.87. The molecule has 0 radical (unpaired) electrons. The third-order valence-electron chi connectivity index (χ3n) is 3.16. The normalized spacial score (nSPS) is 22.8. The SMILES string of the molecule is CC1CC1CNCc1ccc(OC(F)F)cc1. The second-order valence-corrected chi connectivity index (χ2v) is 4.63. The molecule has 1 aliphatic carbocycles.